The molecule has 0 spiro atoms. The summed E-state index contributed by atoms with van der Waals surface area (Å²) in [5.41, 5.74) is 1.000. The maximum atomic E-state index is 10.8. The molecule has 1 fully saturated rings. The van der Waals surface area contributed by atoms with Crippen LogP contribution in [0.2, 0.25) is 0 Å². The van der Waals surface area contributed by atoms with Gasteiger partial charge in [-0.05, 0) is 37.3 Å². The summed E-state index contributed by atoms with van der Waals surface area (Å²) in [5.74, 6) is 0. The SMILES string of the molecule is CCC(C)(C(O)c1sccc1C)N1CCOCC1. The lowest BCUT2D eigenvalue weighted by Crippen LogP contribution is -2.54. The van der Waals surface area contributed by atoms with E-state index in [4.69, 9.17) is 4.74 Å². The van der Waals surface area contributed by atoms with Gasteiger partial charge in [-0.2, -0.15) is 0 Å². The molecule has 102 valence electrons. The number of rotatable bonds is 4. The molecule has 0 bridgehead atoms. The molecule has 1 saturated heterocycles. The van der Waals surface area contributed by atoms with Crippen molar-refractivity contribution >= 4 is 11.3 Å². The van der Waals surface area contributed by atoms with Gasteiger partial charge in [0.2, 0.25) is 0 Å². The predicted octanol–water partition coefficient (Wildman–Crippen LogP) is 2.59. The topological polar surface area (TPSA) is 32.7 Å². The van der Waals surface area contributed by atoms with Gasteiger partial charge >= 0.3 is 0 Å². The van der Waals surface area contributed by atoms with E-state index < -0.39 is 6.10 Å². The van der Waals surface area contributed by atoms with Crippen LogP contribution in [0.5, 0.6) is 0 Å². The molecule has 4 heteroatoms. The lowest BCUT2D eigenvalue weighted by Gasteiger charge is -2.45. The Morgan fingerprint density at radius 1 is 1.50 bits per heavy atom. The van der Waals surface area contributed by atoms with Crippen LogP contribution in [0.15, 0.2) is 11.4 Å². The number of ether oxygens (including phenoxy) is 1. The molecule has 1 aromatic rings. The number of hydrogen-bond acceptors (Lipinski definition) is 4. The van der Waals surface area contributed by atoms with Crippen LogP contribution in [0.25, 0.3) is 0 Å². The summed E-state index contributed by atoms with van der Waals surface area (Å²) in [4.78, 5) is 3.48. The molecule has 18 heavy (non-hydrogen) atoms. The molecule has 0 aromatic carbocycles. The minimum Gasteiger partial charge on any atom is -0.386 e. The van der Waals surface area contributed by atoms with E-state index in [1.165, 1.54) is 5.56 Å². The molecule has 2 rings (SSSR count). The predicted molar refractivity (Wildman–Crippen MR) is 75.1 cm³/mol. The van der Waals surface area contributed by atoms with Gasteiger partial charge in [-0.1, -0.05) is 6.92 Å². The zero-order chi connectivity index (χ0) is 13.2. The van der Waals surface area contributed by atoms with Crippen LogP contribution in [0.1, 0.15) is 36.8 Å². The van der Waals surface area contributed by atoms with Gasteiger partial charge in [0.1, 0.15) is 6.10 Å². The lowest BCUT2D eigenvalue weighted by atomic mass is 9.87. The van der Waals surface area contributed by atoms with Crippen LogP contribution in [-0.2, 0) is 4.74 Å². The Kier molecular flexibility index (Phi) is 4.43. The number of aliphatic hydroxyl groups excluding tert-OH is 1. The highest BCUT2D eigenvalue weighted by Gasteiger charge is 2.39. The highest BCUT2D eigenvalue weighted by atomic mass is 32.1. The Hall–Kier alpha value is -0.420. The molecule has 0 amide bonds. The maximum absolute atomic E-state index is 10.8. The van der Waals surface area contributed by atoms with Crippen molar-refractivity contribution < 1.29 is 9.84 Å². The monoisotopic (exact) mass is 269 g/mol. The Bertz CT molecular complexity index is 387. The van der Waals surface area contributed by atoms with E-state index >= 15 is 0 Å². The molecule has 2 atom stereocenters. The van der Waals surface area contributed by atoms with Gasteiger partial charge in [0.25, 0.3) is 0 Å². The molecule has 2 unspecified atom stereocenters. The quantitative estimate of drug-likeness (QED) is 0.912. The number of thiophene rings is 1. The second kappa shape index (κ2) is 5.70. The first-order valence-electron chi connectivity index (χ1n) is 6.64. The van der Waals surface area contributed by atoms with Crippen molar-refractivity contribution in [3.8, 4) is 0 Å². The van der Waals surface area contributed by atoms with Gasteiger partial charge < -0.3 is 9.84 Å². The van der Waals surface area contributed by atoms with Gasteiger partial charge in [0.15, 0.2) is 0 Å². The first-order valence-corrected chi connectivity index (χ1v) is 7.52. The lowest BCUT2D eigenvalue weighted by molar-refractivity contribution is -0.0724. The molecule has 1 N–H and O–H groups in total. The molecule has 0 aliphatic carbocycles. The summed E-state index contributed by atoms with van der Waals surface area (Å²) in [6, 6.07) is 2.08. The fraction of sp³-hybridized carbons (Fsp3) is 0.714. The van der Waals surface area contributed by atoms with Gasteiger partial charge in [-0.3, -0.25) is 4.90 Å². The summed E-state index contributed by atoms with van der Waals surface area (Å²) in [7, 11) is 0. The first kappa shape index (κ1) is 14.0. The highest BCUT2D eigenvalue weighted by Crippen LogP contribution is 2.38. The summed E-state index contributed by atoms with van der Waals surface area (Å²) < 4.78 is 5.41. The zero-order valence-corrected chi connectivity index (χ0v) is 12.3. The van der Waals surface area contributed by atoms with Crippen molar-refractivity contribution in [3.63, 3.8) is 0 Å². The Labute approximate surface area is 113 Å². The fourth-order valence-corrected chi connectivity index (χ4v) is 3.67. The van der Waals surface area contributed by atoms with E-state index in [0.717, 1.165) is 37.6 Å². The molecule has 0 radical (unpaired) electrons. The molecule has 1 aliphatic rings. The highest BCUT2D eigenvalue weighted by molar-refractivity contribution is 7.10. The second-order valence-corrected chi connectivity index (χ2v) is 6.13. The standard InChI is InChI=1S/C14H23NO2S/c1-4-14(3,15-6-8-17-9-7-15)13(16)12-11(2)5-10-18-12/h5,10,13,16H,4,6-9H2,1-3H3. The van der Waals surface area contributed by atoms with E-state index in [0.29, 0.717) is 0 Å². The van der Waals surface area contributed by atoms with Gasteiger partial charge in [-0.15, -0.1) is 11.3 Å². The maximum Gasteiger partial charge on any atom is 0.106 e. The van der Waals surface area contributed by atoms with Crippen molar-refractivity contribution in [2.75, 3.05) is 26.3 Å². The Morgan fingerprint density at radius 3 is 2.67 bits per heavy atom. The number of morpholine rings is 1. The molecule has 1 aliphatic heterocycles. The normalized spacial score (nSPS) is 22.7. The van der Waals surface area contributed by atoms with Gasteiger partial charge in [0, 0.05) is 23.5 Å². The van der Waals surface area contributed by atoms with Crippen LogP contribution in [0.4, 0.5) is 0 Å². The van der Waals surface area contributed by atoms with Crippen molar-refractivity contribution in [2.45, 2.75) is 38.8 Å². The Morgan fingerprint density at radius 2 is 2.17 bits per heavy atom. The summed E-state index contributed by atoms with van der Waals surface area (Å²) in [6.45, 7) is 9.75. The first-order chi connectivity index (χ1) is 8.59. The zero-order valence-electron chi connectivity index (χ0n) is 11.5. The number of aliphatic hydroxyl groups is 1. The largest absolute Gasteiger partial charge is 0.386 e. The van der Waals surface area contributed by atoms with E-state index in [1.54, 1.807) is 11.3 Å². The fourth-order valence-electron chi connectivity index (χ4n) is 2.61. The van der Waals surface area contributed by atoms with Crippen LogP contribution in [0, 0.1) is 6.92 Å². The molecule has 1 aromatic heterocycles. The van der Waals surface area contributed by atoms with E-state index in [-0.39, 0.29) is 5.54 Å². The molecular formula is C14H23NO2S. The molecule has 3 nitrogen and oxygen atoms in total. The van der Waals surface area contributed by atoms with Crippen molar-refractivity contribution in [2.24, 2.45) is 0 Å². The van der Waals surface area contributed by atoms with Crippen molar-refractivity contribution in [1.82, 2.24) is 4.90 Å². The van der Waals surface area contributed by atoms with Gasteiger partial charge in [0.05, 0.1) is 13.2 Å². The summed E-state index contributed by atoms with van der Waals surface area (Å²) in [5, 5.41) is 12.8. The third-order valence-electron chi connectivity index (χ3n) is 4.19. The minimum atomic E-state index is -0.416. The molecular weight excluding hydrogens is 246 g/mol. The number of aryl methyl sites for hydroxylation is 1. The van der Waals surface area contributed by atoms with E-state index in [2.05, 4.69) is 37.1 Å². The van der Waals surface area contributed by atoms with Crippen molar-refractivity contribution in [3.05, 3.63) is 21.9 Å². The van der Waals surface area contributed by atoms with Crippen molar-refractivity contribution in [1.29, 1.82) is 0 Å². The Balaban J connectivity index is 2.22. The van der Waals surface area contributed by atoms with E-state index in [1.807, 2.05) is 0 Å². The van der Waals surface area contributed by atoms with Crippen LogP contribution in [0.3, 0.4) is 0 Å². The molecule has 2 heterocycles. The van der Waals surface area contributed by atoms with Gasteiger partial charge in [-0.25, -0.2) is 0 Å². The third-order valence-corrected chi connectivity index (χ3v) is 5.26. The van der Waals surface area contributed by atoms with Crippen LogP contribution in [-0.4, -0.2) is 41.8 Å². The molecule has 0 saturated carbocycles. The van der Waals surface area contributed by atoms with Crippen LogP contribution >= 0.6 is 11.3 Å². The number of hydrogen-bond donors (Lipinski definition) is 1. The summed E-state index contributed by atoms with van der Waals surface area (Å²) >= 11 is 1.66. The average Bonchev–Trinajstić information content (AvgIpc) is 2.84. The van der Waals surface area contributed by atoms with E-state index in [9.17, 15) is 5.11 Å². The van der Waals surface area contributed by atoms with Crippen LogP contribution < -0.4 is 0 Å². The number of nitrogens with zero attached hydrogens (tertiary/aromatic N) is 1. The summed E-state index contributed by atoms with van der Waals surface area (Å²) in [6.07, 6.45) is 0.520. The second-order valence-electron chi connectivity index (χ2n) is 5.18. The minimum absolute atomic E-state index is 0.195. The average molecular weight is 269 g/mol. The third kappa shape index (κ3) is 2.48. The smallest absolute Gasteiger partial charge is 0.106 e.